The fraction of sp³-hybridized carbons (Fsp3) is 0.154. The maximum atomic E-state index is 10.7. The third-order valence-electron chi connectivity index (χ3n) is 2.38. The van der Waals surface area contributed by atoms with Crippen molar-refractivity contribution in [3.63, 3.8) is 0 Å². The Labute approximate surface area is 98.2 Å². The molecule has 2 rings (SSSR count). The van der Waals surface area contributed by atoms with Crippen LogP contribution in [0.2, 0.25) is 0 Å². The summed E-state index contributed by atoms with van der Waals surface area (Å²) in [4.78, 5) is 13.3. The van der Waals surface area contributed by atoms with Crippen LogP contribution in [0.5, 0.6) is 0 Å². The van der Waals surface area contributed by atoms with Gasteiger partial charge >= 0.3 is 5.97 Å². The van der Waals surface area contributed by atoms with Gasteiger partial charge < -0.3 is 5.11 Å². The molecule has 0 spiro atoms. The molecule has 3 heteroatoms. The average Bonchev–Trinajstić information content (AvgIpc) is 2.65. The molecule has 0 aliphatic rings. The fourth-order valence-corrected chi connectivity index (χ4v) is 2.47. The molecule has 16 heavy (non-hydrogen) atoms. The Hall–Kier alpha value is -1.61. The van der Waals surface area contributed by atoms with Crippen molar-refractivity contribution in [1.29, 1.82) is 0 Å². The quantitative estimate of drug-likeness (QED) is 0.881. The van der Waals surface area contributed by atoms with E-state index in [4.69, 9.17) is 5.11 Å². The number of aromatic carboxylic acids is 1. The number of hydrogen-bond donors (Lipinski definition) is 1. The SMILES string of the molecule is Cc1ccc(Cc2ccc(C(=O)O)cc2)s1. The lowest BCUT2D eigenvalue weighted by atomic mass is 10.1. The van der Waals surface area contributed by atoms with E-state index in [9.17, 15) is 4.79 Å². The highest BCUT2D eigenvalue weighted by molar-refractivity contribution is 7.11. The van der Waals surface area contributed by atoms with Crippen molar-refractivity contribution in [2.75, 3.05) is 0 Å². The normalized spacial score (nSPS) is 10.3. The van der Waals surface area contributed by atoms with Crippen LogP contribution >= 0.6 is 11.3 Å². The molecule has 0 unspecified atom stereocenters. The molecule has 1 heterocycles. The van der Waals surface area contributed by atoms with Crippen molar-refractivity contribution < 1.29 is 9.90 Å². The molecular formula is C13H12O2S. The maximum Gasteiger partial charge on any atom is 0.335 e. The first-order valence-corrected chi connectivity index (χ1v) is 5.84. The smallest absolute Gasteiger partial charge is 0.335 e. The Bertz CT molecular complexity index is 497. The number of hydrogen-bond acceptors (Lipinski definition) is 2. The van der Waals surface area contributed by atoms with Crippen molar-refractivity contribution in [3.05, 3.63) is 57.3 Å². The van der Waals surface area contributed by atoms with Crippen molar-refractivity contribution in [3.8, 4) is 0 Å². The summed E-state index contributed by atoms with van der Waals surface area (Å²) in [6, 6.07) is 11.3. The Morgan fingerprint density at radius 3 is 2.38 bits per heavy atom. The molecule has 0 saturated heterocycles. The monoisotopic (exact) mass is 232 g/mol. The molecule has 0 radical (unpaired) electrons. The molecule has 82 valence electrons. The second-order valence-electron chi connectivity index (χ2n) is 3.69. The van der Waals surface area contributed by atoms with Crippen LogP contribution in [0.3, 0.4) is 0 Å². The van der Waals surface area contributed by atoms with Gasteiger partial charge in [-0.1, -0.05) is 12.1 Å². The highest BCUT2D eigenvalue weighted by Gasteiger charge is 2.03. The summed E-state index contributed by atoms with van der Waals surface area (Å²) in [5, 5.41) is 8.77. The van der Waals surface area contributed by atoms with Crippen LogP contribution in [-0.4, -0.2) is 11.1 Å². The second-order valence-corrected chi connectivity index (χ2v) is 5.06. The summed E-state index contributed by atoms with van der Waals surface area (Å²) in [7, 11) is 0. The Morgan fingerprint density at radius 2 is 1.88 bits per heavy atom. The summed E-state index contributed by atoms with van der Waals surface area (Å²) < 4.78 is 0. The first-order valence-electron chi connectivity index (χ1n) is 5.03. The van der Waals surface area contributed by atoms with Gasteiger partial charge in [0.25, 0.3) is 0 Å². The fourth-order valence-electron chi connectivity index (χ4n) is 1.55. The summed E-state index contributed by atoms with van der Waals surface area (Å²) in [6.45, 7) is 2.09. The first-order chi connectivity index (χ1) is 7.65. The van der Waals surface area contributed by atoms with Crippen molar-refractivity contribution >= 4 is 17.3 Å². The van der Waals surface area contributed by atoms with Crippen LogP contribution in [0.15, 0.2) is 36.4 Å². The molecule has 2 aromatic rings. The van der Waals surface area contributed by atoms with Gasteiger partial charge in [-0.2, -0.15) is 0 Å². The molecule has 1 aromatic heterocycles. The minimum atomic E-state index is -0.876. The van der Waals surface area contributed by atoms with E-state index in [2.05, 4.69) is 19.1 Å². The van der Waals surface area contributed by atoms with Gasteiger partial charge in [0.15, 0.2) is 0 Å². The highest BCUT2D eigenvalue weighted by Crippen LogP contribution is 2.19. The van der Waals surface area contributed by atoms with Crippen molar-refractivity contribution in [2.45, 2.75) is 13.3 Å². The third kappa shape index (κ3) is 2.49. The molecule has 1 aromatic carbocycles. The molecule has 0 amide bonds. The van der Waals surface area contributed by atoms with E-state index >= 15 is 0 Å². The average molecular weight is 232 g/mol. The lowest BCUT2D eigenvalue weighted by molar-refractivity contribution is 0.0697. The number of aryl methyl sites for hydroxylation is 1. The molecule has 0 aliphatic carbocycles. The number of carbonyl (C=O) groups is 1. The number of benzene rings is 1. The number of thiophene rings is 1. The van der Waals surface area contributed by atoms with E-state index in [0.29, 0.717) is 5.56 Å². The summed E-state index contributed by atoms with van der Waals surface area (Å²) >= 11 is 1.78. The van der Waals surface area contributed by atoms with Gasteiger partial charge in [0, 0.05) is 16.2 Å². The minimum Gasteiger partial charge on any atom is -0.478 e. The van der Waals surface area contributed by atoms with E-state index in [0.717, 1.165) is 12.0 Å². The van der Waals surface area contributed by atoms with E-state index in [-0.39, 0.29) is 0 Å². The predicted octanol–water partition coefficient (Wildman–Crippen LogP) is 3.35. The topological polar surface area (TPSA) is 37.3 Å². The number of carboxylic acid groups (broad SMARTS) is 1. The molecule has 0 fully saturated rings. The van der Waals surface area contributed by atoms with Crippen LogP contribution in [0.25, 0.3) is 0 Å². The Morgan fingerprint density at radius 1 is 1.19 bits per heavy atom. The predicted molar refractivity (Wildman–Crippen MR) is 65.3 cm³/mol. The van der Waals surface area contributed by atoms with Gasteiger partial charge in [-0.05, 0) is 36.8 Å². The van der Waals surface area contributed by atoms with Gasteiger partial charge in [-0.3, -0.25) is 0 Å². The number of rotatable bonds is 3. The van der Waals surface area contributed by atoms with Gasteiger partial charge in [0.1, 0.15) is 0 Å². The summed E-state index contributed by atoms with van der Waals surface area (Å²) in [5.74, 6) is -0.876. The van der Waals surface area contributed by atoms with Crippen LogP contribution in [0.4, 0.5) is 0 Å². The maximum absolute atomic E-state index is 10.7. The van der Waals surface area contributed by atoms with Gasteiger partial charge in [0.05, 0.1) is 5.56 Å². The largest absolute Gasteiger partial charge is 0.478 e. The van der Waals surface area contributed by atoms with E-state index in [1.807, 2.05) is 12.1 Å². The highest BCUT2D eigenvalue weighted by atomic mass is 32.1. The zero-order chi connectivity index (χ0) is 11.5. The lowest BCUT2D eigenvalue weighted by Crippen LogP contribution is -1.95. The first kappa shape index (κ1) is 10.9. The number of carboxylic acids is 1. The minimum absolute atomic E-state index is 0.339. The molecule has 0 bridgehead atoms. The van der Waals surface area contributed by atoms with Crippen molar-refractivity contribution in [1.82, 2.24) is 0 Å². The van der Waals surface area contributed by atoms with Crippen LogP contribution < -0.4 is 0 Å². The molecule has 0 saturated carbocycles. The molecular weight excluding hydrogens is 220 g/mol. The Kier molecular flexibility index (Phi) is 3.06. The van der Waals surface area contributed by atoms with E-state index < -0.39 is 5.97 Å². The summed E-state index contributed by atoms with van der Waals surface area (Å²) in [6.07, 6.45) is 0.873. The van der Waals surface area contributed by atoms with Crippen molar-refractivity contribution in [2.24, 2.45) is 0 Å². The summed E-state index contributed by atoms with van der Waals surface area (Å²) in [5.41, 5.74) is 1.48. The van der Waals surface area contributed by atoms with Crippen LogP contribution in [-0.2, 0) is 6.42 Å². The molecule has 2 nitrogen and oxygen atoms in total. The molecule has 1 N–H and O–H groups in total. The molecule has 0 atom stereocenters. The third-order valence-corrected chi connectivity index (χ3v) is 3.38. The lowest BCUT2D eigenvalue weighted by Gasteiger charge is -1.99. The standard InChI is InChI=1S/C13H12O2S/c1-9-2-7-12(16-9)8-10-3-5-11(6-4-10)13(14)15/h2-7H,8H2,1H3,(H,14,15). The van der Waals surface area contributed by atoms with E-state index in [1.165, 1.54) is 9.75 Å². The zero-order valence-electron chi connectivity index (χ0n) is 8.93. The molecule has 0 aliphatic heterocycles. The van der Waals surface area contributed by atoms with Gasteiger partial charge in [0.2, 0.25) is 0 Å². The Balaban J connectivity index is 2.14. The van der Waals surface area contributed by atoms with Crippen LogP contribution in [0, 0.1) is 6.92 Å². The second kappa shape index (κ2) is 4.49. The van der Waals surface area contributed by atoms with Gasteiger partial charge in [-0.15, -0.1) is 11.3 Å². The zero-order valence-corrected chi connectivity index (χ0v) is 9.75. The van der Waals surface area contributed by atoms with Crippen LogP contribution in [0.1, 0.15) is 25.7 Å². The van der Waals surface area contributed by atoms with E-state index in [1.54, 1.807) is 23.5 Å². The van der Waals surface area contributed by atoms with Gasteiger partial charge in [-0.25, -0.2) is 4.79 Å².